The van der Waals surface area contributed by atoms with Gasteiger partial charge in [-0.2, -0.15) is 11.8 Å². The zero-order chi connectivity index (χ0) is 16.7. The van der Waals surface area contributed by atoms with Gasteiger partial charge in [-0.15, -0.1) is 0 Å². The third kappa shape index (κ3) is 5.84. The molecule has 1 fully saturated rings. The van der Waals surface area contributed by atoms with E-state index in [1.807, 2.05) is 23.9 Å². The molecule has 1 aliphatic rings. The van der Waals surface area contributed by atoms with Crippen LogP contribution in [-0.2, 0) is 4.79 Å². The number of nitrogens with one attached hydrogen (secondary N) is 2. The van der Waals surface area contributed by atoms with Gasteiger partial charge in [-0.25, -0.2) is 4.79 Å². The van der Waals surface area contributed by atoms with Crippen LogP contribution in [0.15, 0.2) is 18.2 Å². The molecule has 0 spiro atoms. The van der Waals surface area contributed by atoms with Crippen LogP contribution in [0.5, 0.6) is 0 Å². The number of carboxylic acids is 1. The van der Waals surface area contributed by atoms with Gasteiger partial charge in [0.05, 0.1) is 11.4 Å². The zero-order valence-electron chi connectivity index (χ0n) is 12.7. The summed E-state index contributed by atoms with van der Waals surface area (Å²) >= 11 is 7.96. The van der Waals surface area contributed by atoms with Crippen molar-refractivity contribution in [3.05, 3.63) is 23.2 Å². The number of benzene rings is 1. The van der Waals surface area contributed by atoms with Gasteiger partial charge >= 0.3 is 12.0 Å². The Bertz CT molecular complexity index is 565. The first-order valence-corrected chi connectivity index (χ1v) is 8.98. The molecule has 2 rings (SSSR count). The SMILES string of the molecule is O=C(O)CCCNC(=O)Nc1cc(Cl)ccc1N1CCSCC1. The molecule has 3 N–H and O–H groups in total. The molecule has 1 saturated heterocycles. The minimum Gasteiger partial charge on any atom is -0.481 e. The zero-order valence-corrected chi connectivity index (χ0v) is 14.3. The number of rotatable bonds is 6. The number of aliphatic carboxylic acids is 1. The van der Waals surface area contributed by atoms with E-state index in [1.165, 1.54) is 0 Å². The molecule has 6 nitrogen and oxygen atoms in total. The predicted octanol–water partition coefficient (Wildman–Crippen LogP) is 2.88. The maximum absolute atomic E-state index is 12.0. The maximum atomic E-state index is 12.0. The Hall–Kier alpha value is -1.60. The highest BCUT2D eigenvalue weighted by Gasteiger charge is 2.16. The fourth-order valence-electron chi connectivity index (χ4n) is 2.30. The Morgan fingerprint density at radius 3 is 2.74 bits per heavy atom. The Kier molecular flexibility index (Phi) is 6.85. The van der Waals surface area contributed by atoms with Gasteiger partial charge in [0.25, 0.3) is 0 Å². The average molecular weight is 358 g/mol. The number of hydrogen-bond donors (Lipinski definition) is 3. The molecule has 0 radical (unpaired) electrons. The van der Waals surface area contributed by atoms with Gasteiger partial charge < -0.3 is 20.6 Å². The summed E-state index contributed by atoms with van der Waals surface area (Å²) in [6.07, 6.45) is 0.433. The van der Waals surface area contributed by atoms with Crippen molar-refractivity contribution >= 4 is 46.7 Å². The van der Waals surface area contributed by atoms with E-state index in [0.717, 1.165) is 30.3 Å². The quantitative estimate of drug-likeness (QED) is 0.682. The second kappa shape index (κ2) is 8.88. The molecule has 0 unspecified atom stereocenters. The molecule has 1 aliphatic heterocycles. The summed E-state index contributed by atoms with van der Waals surface area (Å²) in [6, 6.07) is 5.10. The first kappa shape index (κ1) is 17.7. The lowest BCUT2D eigenvalue weighted by atomic mass is 10.2. The van der Waals surface area contributed by atoms with Crippen LogP contribution in [0, 0.1) is 0 Å². The molecule has 0 atom stereocenters. The van der Waals surface area contributed by atoms with Gasteiger partial charge in [0.15, 0.2) is 0 Å². The van der Waals surface area contributed by atoms with Gasteiger partial charge in [-0.3, -0.25) is 4.79 Å². The van der Waals surface area contributed by atoms with Crippen LogP contribution < -0.4 is 15.5 Å². The lowest BCUT2D eigenvalue weighted by Gasteiger charge is -2.30. The van der Waals surface area contributed by atoms with Crippen molar-refractivity contribution in [2.75, 3.05) is 41.4 Å². The minimum atomic E-state index is -0.868. The lowest BCUT2D eigenvalue weighted by molar-refractivity contribution is -0.137. The van der Waals surface area contributed by atoms with Crippen molar-refractivity contribution < 1.29 is 14.7 Å². The van der Waals surface area contributed by atoms with Crippen LogP contribution >= 0.6 is 23.4 Å². The van der Waals surface area contributed by atoms with Crippen molar-refractivity contribution in [1.29, 1.82) is 0 Å². The summed E-state index contributed by atoms with van der Waals surface area (Å²) < 4.78 is 0. The highest BCUT2D eigenvalue weighted by atomic mass is 35.5. The fraction of sp³-hybridized carbons (Fsp3) is 0.467. The summed E-state index contributed by atoms with van der Waals surface area (Å²) in [7, 11) is 0. The Morgan fingerprint density at radius 1 is 1.30 bits per heavy atom. The molecule has 1 aromatic rings. The standard InChI is InChI=1S/C15H20ClN3O3S/c16-11-3-4-13(19-6-8-23-9-7-19)12(10-11)18-15(22)17-5-1-2-14(20)21/h3-4,10H,1-2,5-9H2,(H,20,21)(H2,17,18,22). The Balaban J connectivity index is 1.96. The Labute approximate surface area is 144 Å². The van der Waals surface area contributed by atoms with Crippen molar-refractivity contribution in [2.24, 2.45) is 0 Å². The molecule has 8 heteroatoms. The number of carboxylic acid groups (broad SMARTS) is 1. The van der Waals surface area contributed by atoms with E-state index in [4.69, 9.17) is 16.7 Å². The molecule has 126 valence electrons. The highest BCUT2D eigenvalue weighted by molar-refractivity contribution is 7.99. The molecule has 0 aliphatic carbocycles. The number of anilines is 2. The van der Waals surface area contributed by atoms with E-state index in [2.05, 4.69) is 15.5 Å². The largest absolute Gasteiger partial charge is 0.481 e. The average Bonchev–Trinajstić information content (AvgIpc) is 2.52. The summed E-state index contributed by atoms with van der Waals surface area (Å²) in [5.74, 6) is 1.25. The fourth-order valence-corrected chi connectivity index (χ4v) is 3.37. The number of carbonyl (C=O) groups is 2. The smallest absolute Gasteiger partial charge is 0.319 e. The summed E-state index contributed by atoms with van der Waals surface area (Å²) in [5.41, 5.74) is 1.62. The summed E-state index contributed by atoms with van der Waals surface area (Å²) in [5, 5.41) is 14.6. The van der Waals surface area contributed by atoms with Crippen molar-refractivity contribution in [1.82, 2.24) is 5.32 Å². The second-order valence-electron chi connectivity index (χ2n) is 5.14. The van der Waals surface area contributed by atoms with E-state index in [1.54, 1.807) is 6.07 Å². The molecule has 2 amide bonds. The molecule has 1 heterocycles. The topological polar surface area (TPSA) is 81.7 Å². The molecule has 0 saturated carbocycles. The molecule has 23 heavy (non-hydrogen) atoms. The molecule has 0 aromatic heterocycles. The van der Waals surface area contributed by atoms with Gasteiger partial charge in [0.2, 0.25) is 0 Å². The van der Waals surface area contributed by atoms with Gasteiger partial charge in [-0.05, 0) is 24.6 Å². The molecular weight excluding hydrogens is 338 g/mol. The second-order valence-corrected chi connectivity index (χ2v) is 6.80. The maximum Gasteiger partial charge on any atom is 0.319 e. The van der Waals surface area contributed by atoms with Crippen LogP contribution in [0.3, 0.4) is 0 Å². The molecule has 1 aromatic carbocycles. The van der Waals surface area contributed by atoms with E-state index >= 15 is 0 Å². The number of hydrogen-bond acceptors (Lipinski definition) is 4. The van der Waals surface area contributed by atoms with E-state index in [-0.39, 0.29) is 12.5 Å². The lowest BCUT2D eigenvalue weighted by Crippen LogP contribution is -2.34. The van der Waals surface area contributed by atoms with E-state index < -0.39 is 5.97 Å². The minimum absolute atomic E-state index is 0.0359. The Morgan fingerprint density at radius 2 is 2.04 bits per heavy atom. The first-order chi connectivity index (χ1) is 11.1. The van der Waals surface area contributed by atoms with Gasteiger partial charge in [0.1, 0.15) is 0 Å². The normalized spacial score (nSPS) is 14.4. The third-order valence-corrected chi connectivity index (χ3v) is 4.59. The third-order valence-electron chi connectivity index (χ3n) is 3.41. The summed E-state index contributed by atoms with van der Waals surface area (Å²) in [6.45, 7) is 2.18. The number of nitrogens with zero attached hydrogens (tertiary/aromatic N) is 1. The van der Waals surface area contributed by atoms with Crippen LogP contribution in [0.25, 0.3) is 0 Å². The van der Waals surface area contributed by atoms with Crippen LogP contribution in [-0.4, -0.2) is 48.2 Å². The van der Waals surface area contributed by atoms with Gasteiger partial charge in [-0.1, -0.05) is 11.6 Å². The molecule has 0 bridgehead atoms. The molecular formula is C15H20ClN3O3S. The predicted molar refractivity (Wildman–Crippen MR) is 94.9 cm³/mol. The number of urea groups is 1. The van der Waals surface area contributed by atoms with Gasteiger partial charge in [0, 0.05) is 42.6 Å². The van der Waals surface area contributed by atoms with Crippen LogP contribution in [0.1, 0.15) is 12.8 Å². The van der Waals surface area contributed by atoms with Crippen molar-refractivity contribution in [2.45, 2.75) is 12.8 Å². The van der Waals surface area contributed by atoms with Crippen LogP contribution in [0.4, 0.5) is 16.2 Å². The number of carbonyl (C=O) groups excluding carboxylic acids is 1. The number of thioether (sulfide) groups is 1. The highest BCUT2D eigenvalue weighted by Crippen LogP contribution is 2.30. The monoisotopic (exact) mass is 357 g/mol. The van der Waals surface area contributed by atoms with Crippen molar-refractivity contribution in [3.8, 4) is 0 Å². The van der Waals surface area contributed by atoms with E-state index in [0.29, 0.717) is 23.7 Å². The van der Waals surface area contributed by atoms with Crippen LogP contribution in [0.2, 0.25) is 5.02 Å². The first-order valence-electron chi connectivity index (χ1n) is 7.45. The number of amides is 2. The van der Waals surface area contributed by atoms with Crippen molar-refractivity contribution in [3.63, 3.8) is 0 Å². The summed E-state index contributed by atoms with van der Waals surface area (Å²) in [4.78, 5) is 24.6. The van der Waals surface area contributed by atoms with E-state index in [9.17, 15) is 9.59 Å². The number of halogens is 1.